The van der Waals surface area contributed by atoms with Crippen molar-refractivity contribution in [3.63, 3.8) is 0 Å². The van der Waals surface area contributed by atoms with E-state index in [-0.39, 0.29) is 5.75 Å². The van der Waals surface area contributed by atoms with Crippen molar-refractivity contribution in [2.75, 3.05) is 7.11 Å². The summed E-state index contributed by atoms with van der Waals surface area (Å²) in [6.45, 7) is 3.75. The quantitative estimate of drug-likeness (QED) is 0.328. The Hall–Kier alpha value is -2.83. The zero-order chi connectivity index (χ0) is 26.0. The monoisotopic (exact) mass is 515 g/mol. The van der Waals surface area contributed by atoms with Gasteiger partial charge in [0, 0.05) is 12.3 Å². The maximum Gasteiger partial charge on any atom is 0.459 e. The van der Waals surface area contributed by atoms with Crippen LogP contribution in [0.3, 0.4) is 0 Å². The highest BCUT2D eigenvalue weighted by atomic mass is 31.2. The molecule has 35 heavy (non-hydrogen) atoms. The minimum Gasteiger partial charge on any atom is -0.468 e. The van der Waals surface area contributed by atoms with Gasteiger partial charge in [0.2, 0.25) is 0 Å². The molecule has 0 amide bonds. The van der Waals surface area contributed by atoms with Crippen LogP contribution in [0.25, 0.3) is 0 Å². The molecule has 1 saturated heterocycles. The number of alkyl halides is 1. The van der Waals surface area contributed by atoms with E-state index in [0.29, 0.717) is 0 Å². The molecule has 2 aromatic rings. The number of ether oxygens (including phenoxy) is 2. The number of H-pyrrole nitrogens is 1. The van der Waals surface area contributed by atoms with Crippen LogP contribution in [0.2, 0.25) is 0 Å². The predicted molar refractivity (Wildman–Crippen MR) is 121 cm³/mol. The van der Waals surface area contributed by atoms with E-state index in [0.717, 1.165) is 30.9 Å². The highest BCUT2D eigenvalue weighted by molar-refractivity contribution is 7.52. The van der Waals surface area contributed by atoms with E-state index < -0.39 is 61.2 Å². The Labute approximate surface area is 199 Å². The van der Waals surface area contributed by atoms with Gasteiger partial charge < -0.3 is 19.1 Å². The van der Waals surface area contributed by atoms with Crippen molar-refractivity contribution in [1.82, 2.24) is 14.6 Å². The second-order valence-corrected chi connectivity index (χ2v) is 9.80. The molecule has 14 heteroatoms. The predicted octanol–water partition coefficient (Wildman–Crippen LogP) is 1.27. The molecule has 0 saturated carbocycles. The number of aromatic nitrogens is 2. The van der Waals surface area contributed by atoms with Gasteiger partial charge in [-0.3, -0.25) is 23.7 Å². The molecule has 3 rings (SSSR count). The number of benzene rings is 1. The van der Waals surface area contributed by atoms with Crippen molar-refractivity contribution in [1.29, 1.82) is 0 Å². The van der Waals surface area contributed by atoms with Crippen LogP contribution in [-0.2, 0) is 23.4 Å². The zero-order valence-corrected chi connectivity index (χ0v) is 20.3. The lowest BCUT2D eigenvalue weighted by Gasteiger charge is -2.29. The smallest absolute Gasteiger partial charge is 0.459 e. The van der Waals surface area contributed by atoms with E-state index in [1.54, 1.807) is 18.2 Å². The SMILES string of the molecule is COC(=O)[C@H](C)NP(=O)(Oc1ccccc1)O[C@@H](C)[C@H]1O[C@@H](n2ccc(=O)[nH]c2=O)[C@](C)(F)[C@@H]1O. The average molecular weight is 515 g/mol. The van der Waals surface area contributed by atoms with Crippen molar-refractivity contribution in [3.05, 3.63) is 63.4 Å². The van der Waals surface area contributed by atoms with Crippen molar-refractivity contribution in [2.24, 2.45) is 0 Å². The summed E-state index contributed by atoms with van der Waals surface area (Å²) < 4.78 is 51.3. The van der Waals surface area contributed by atoms with Gasteiger partial charge in [0.05, 0.1) is 13.2 Å². The van der Waals surface area contributed by atoms with Gasteiger partial charge in [0.1, 0.15) is 24.0 Å². The highest BCUT2D eigenvalue weighted by Crippen LogP contribution is 2.49. The lowest BCUT2D eigenvalue weighted by molar-refractivity contribution is -0.142. The van der Waals surface area contributed by atoms with Crippen molar-refractivity contribution in [3.8, 4) is 5.75 Å². The van der Waals surface area contributed by atoms with Crippen molar-refractivity contribution in [2.45, 2.75) is 57.0 Å². The molecule has 2 heterocycles. The molecule has 3 N–H and O–H groups in total. The van der Waals surface area contributed by atoms with Crippen LogP contribution in [0.4, 0.5) is 4.39 Å². The highest BCUT2D eigenvalue weighted by Gasteiger charge is 2.57. The summed E-state index contributed by atoms with van der Waals surface area (Å²) in [5.74, 6) is -0.599. The minimum atomic E-state index is -4.33. The summed E-state index contributed by atoms with van der Waals surface area (Å²) in [4.78, 5) is 37.4. The van der Waals surface area contributed by atoms with E-state index in [9.17, 15) is 24.1 Å². The van der Waals surface area contributed by atoms with E-state index in [2.05, 4.69) is 9.82 Å². The molecule has 7 atom stereocenters. The second-order valence-electron chi connectivity index (χ2n) is 8.15. The van der Waals surface area contributed by atoms with Crippen LogP contribution in [0, 0.1) is 0 Å². The number of carbonyl (C=O) groups excluding carboxylic acids is 1. The van der Waals surface area contributed by atoms with Crippen LogP contribution in [0.1, 0.15) is 27.0 Å². The fraction of sp³-hybridized carbons (Fsp3) is 0.476. The Morgan fingerprint density at radius 3 is 2.54 bits per heavy atom. The molecule has 192 valence electrons. The number of nitrogens with one attached hydrogen (secondary N) is 2. The second kappa shape index (κ2) is 10.4. The number of rotatable bonds is 9. The Balaban J connectivity index is 1.87. The Bertz CT molecular complexity index is 1200. The molecule has 0 bridgehead atoms. The largest absolute Gasteiger partial charge is 0.468 e. The zero-order valence-electron chi connectivity index (χ0n) is 19.4. The molecule has 1 unspecified atom stereocenters. The van der Waals surface area contributed by atoms with Gasteiger partial charge in [-0.2, -0.15) is 5.09 Å². The number of hydrogen-bond acceptors (Lipinski definition) is 9. The van der Waals surface area contributed by atoms with Crippen LogP contribution in [0.15, 0.2) is 52.2 Å². The normalized spacial score (nSPS) is 27.5. The number of halogens is 1. The standard InChI is InChI=1S/C21H27FN3O9P/c1-12(18(28)31-4)24-35(30,34-14-8-6-5-7-9-14)33-13(2)16-17(27)21(3,22)19(32-16)25-11-10-15(26)23-20(25)29/h5-13,16-17,19,27H,1-4H3,(H,24,30)(H,23,26,29)/t12-,13-,16+,17+,19+,21+,35?/m0/s1. The molecule has 1 aromatic carbocycles. The summed E-state index contributed by atoms with van der Waals surface area (Å²) in [5, 5.41) is 13.1. The molecule has 12 nitrogen and oxygen atoms in total. The molecular formula is C21H27FN3O9P. The fourth-order valence-electron chi connectivity index (χ4n) is 3.58. The molecule has 0 radical (unpaired) electrons. The average Bonchev–Trinajstić information content (AvgIpc) is 3.02. The van der Waals surface area contributed by atoms with Crippen molar-refractivity contribution < 1.29 is 37.4 Å². The summed E-state index contributed by atoms with van der Waals surface area (Å²) >= 11 is 0. The number of aromatic amines is 1. The number of nitrogens with zero attached hydrogens (tertiary/aromatic N) is 1. The maximum absolute atomic E-state index is 15.5. The van der Waals surface area contributed by atoms with Gasteiger partial charge in [-0.05, 0) is 32.9 Å². The third-order valence-corrected chi connectivity index (χ3v) is 7.17. The van der Waals surface area contributed by atoms with Crippen molar-refractivity contribution >= 4 is 13.7 Å². The lowest BCUT2D eigenvalue weighted by Crippen LogP contribution is -2.45. The first kappa shape index (κ1) is 26.8. The first-order valence-corrected chi connectivity index (χ1v) is 12.1. The first-order valence-electron chi connectivity index (χ1n) is 10.6. The first-order chi connectivity index (χ1) is 16.4. The Morgan fingerprint density at radius 1 is 1.29 bits per heavy atom. The minimum absolute atomic E-state index is 0.147. The maximum atomic E-state index is 15.5. The molecule has 1 aliphatic rings. The number of esters is 1. The molecule has 1 aliphatic heterocycles. The van der Waals surface area contributed by atoms with Crippen LogP contribution < -0.4 is 20.9 Å². The molecule has 1 aromatic heterocycles. The van der Waals surface area contributed by atoms with E-state index in [1.807, 2.05) is 4.98 Å². The third-order valence-electron chi connectivity index (χ3n) is 5.41. The van der Waals surface area contributed by atoms with Gasteiger partial charge >= 0.3 is 19.4 Å². The Kier molecular flexibility index (Phi) is 7.97. The van der Waals surface area contributed by atoms with Crippen LogP contribution in [-0.4, -0.2) is 57.8 Å². The molecule has 0 aliphatic carbocycles. The number of carbonyl (C=O) groups is 1. The summed E-state index contributed by atoms with van der Waals surface area (Å²) in [7, 11) is -3.18. The van der Waals surface area contributed by atoms with Gasteiger partial charge in [-0.25, -0.2) is 13.8 Å². The van der Waals surface area contributed by atoms with Gasteiger partial charge in [0.25, 0.3) is 5.56 Å². The summed E-state index contributed by atoms with van der Waals surface area (Å²) in [6, 6.07) is 7.84. The fourth-order valence-corrected chi connectivity index (χ4v) is 5.28. The lowest BCUT2D eigenvalue weighted by atomic mass is 9.96. The van der Waals surface area contributed by atoms with Gasteiger partial charge in [-0.15, -0.1) is 0 Å². The summed E-state index contributed by atoms with van der Waals surface area (Å²) in [6.07, 6.45) is -5.11. The number of hydrogen-bond donors (Lipinski definition) is 3. The van der Waals surface area contributed by atoms with E-state index in [4.69, 9.17) is 13.8 Å². The number of aliphatic hydroxyl groups is 1. The number of aliphatic hydroxyl groups excluding tert-OH is 1. The molecular weight excluding hydrogens is 488 g/mol. The molecule has 1 fully saturated rings. The molecule has 0 spiro atoms. The topological polar surface area (TPSA) is 158 Å². The third kappa shape index (κ3) is 5.88. The van der Waals surface area contributed by atoms with Crippen LogP contribution in [0.5, 0.6) is 5.75 Å². The van der Waals surface area contributed by atoms with Gasteiger partial charge in [-0.1, -0.05) is 18.2 Å². The van der Waals surface area contributed by atoms with Gasteiger partial charge in [0.15, 0.2) is 11.9 Å². The van der Waals surface area contributed by atoms with E-state index in [1.165, 1.54) is 26.0 Å². The van der Waals surface area contributed by atoms with E-state index >= 15 is 4.39 Å². The summed E-state index contributed by atoms with van der Waals surface area (Å²) in [5.41, 5.74) is -4.13. The number of methoxy groups -OCH3 is 1. The Morgan fingerprint density at radius 2 is 1.94 bits per heavy atom. The number of para-hydroxylation sites is 1. The van der Waals surface area contributed by atoms with Crippen LogP contribution >= 0.6 is 7.75 Å².